The molecular weight excluding hydrogens is 196 g/mol. The summed E-state index contributed by atoms with van der Waals surface area (Å²) in [6.07, 6.45) is 3.31. The molecule has 5 heteroatoms. The maximum Gasteiger partial charge on any atom is 0.305 e. The molecule has 1 amide bonds. The molecule has 1 saturated heterocycles. The molecule has 0 saturated carbocycles. The van der Waals surface area contributed by atoms with Gasteiger partial charge >= 0.3 is 5.97 Å². The summed E-state index contributed by atoms with van der Waals surface area (Å²) in [6.45, 7) is 1.70. The van der Waals surface area contributed by atoms with E-state index in [0.717, 1.165) is 32.4 Å². The van der Waals surface area contributed by atoms with E-state index in [1.165, 1.54) is 7.11 Å². The number of unbranched alkanes of at least 4 members (excludes halogenated alkanes) is 2. The van der Waals surface area contributed by atoms with Crippen LogP contribution in [-0.2, 0) is 14.3 Å². The average molecular weight is 214 g/mol. The molecule has 0 aromatic carbocycles. The lowest BCUT2D eigenvalue weighted by atomic mass is 10.2. The smallest absolute Gasteiger partial charge is 0.305 e. The molecular formula is C10H18N2O3. The Morgan fingerprint density at radius 1 is 1.40 bits per heavy atom. The number of ether oxygens (including phenoxy) is 1. The van der Waals surface area contributed by atoms with Gasteiger partial charge in [0, 0.05) is 13.0 Å². The number of amides is 1. The number of carbonyl (C=O) groups excluding carboxylic acids is 2. The molecule has 0 radical (unpaired) electrons. The Morgan fingerprint density at radius 3 is 2.67 bits per heavy atom. The van der Waals surface area contributed by atoms with Gasteiger partial charge in [0.2, 0.25) is 5.91 Å². The van der Waals surface area contributed by atoms with E-state index in [2.05, 4.69) is 4.74 Å². The summed E-state index contributed by atoms with van der Waals surface area (Å²) >= 11 is 0. The third-order valence-corrected chi connectivity index (χ3v) is 2.60. The molecule has 1 aliphatic heterocycles. The van der Waals surface area contributed by atoms with Crippen molar-refractivity contribution in [1.82, 2.24) is 4.90 Å². The molecule has 15 heavy (non-hydrogen) atoms. The van der Waals surface area contributed by atoms with Gasteiger partial charge < -0.3 is 10.5 Å². The van der Waals surface area contributed by atoms with Gasteiger partial charge in [-0.25, -0.2) is 0 Å². The third kappa shape index (κ3) is 4.29. The van der Waals surface area contributed by atoms with E-state index >= 15 is 0 Å². The molecule has 2 N–H and O–H groups in total. The Labute approximate surface area is 89.6 Å². The molecule has 0 aromatic heterocycles. The third-order valence-electron chi connectivity index (χ3n) is 2.60. The Balaban J connectivity index is 1.91. The van der Waals surface area contributed by atoms with Crippen molar-refractivity contribution >= 4 is 11.9 Å². The first-order valence-electron chi connectivity index (χ1n) is 5.25. The van der Waals surface area contributed by atoms with Gasteiger partial charge in [0.15, 0.2) is 0 Å². The van der Waals surface area contributed by atoms with Crippen molar-refractivity contribution in [2.75, 3.05) is 20.2 Å². The summed E-state index contributed by atoms with van der Waals surface area (Å²) in [5, 5.41) is 0. The summed E-state index contributed by atoms with van der Waals surface area (Å²) in [5.74, 6) is -0.388. The van der Waals surface area contributed by atoms with E-state index in [0.29, 0.717) is 6.42 Å². The van der Waals surface area contributed by atoms with Crippen LogP contribution < -0.4 is 5.73 Å². The number of rotatable bonds is 7. The highest BCUT2D eigenvalue weighted by Gasteiger charge is 2.37. The van der Waals surface area contributed by atoms with Gasteiger partial charge in [0.05, 0.1) is 7.11 Å². The molecule has 1 fully saturated rings. The monoisotopic (exact) mass is 214 g/mol. The molecule has 5 nitrogen and oxygen atoms in total. The van der Waals surface area contributed by atoms with Crippen molar-refractivity contribution < 1.29 is 14.3 Å². The van der Waals surface area contributed by atoms with Crippen molar-refractivity contribution in [3.63, 3.8) is 0 Å². The first-order chi connectivity index (χ1) is 7.15. The maximum atomic E-state index is 10.8. The second kappa shape index (κ2) is 5.70. The van der Waals surface area contributed by atoms with Gasteiger partial charge in [-0.15, -0.1) is 0 Å². The van der Waals surface area contributed by atoms with Crippen LogP contribution in [0, 0.1) is 0 Å². The molecule has 2 atom stereocenters. The fourth-order valence-corrected chi connectivity index (χ4v) is 1.56. The van der Waals surface area contributed by atoms with Crippen molar-refractivity contribution in [2.45, 2.75) is 31.7 Å². The van der Waals surface area contributed by atoms with Crippen LogP contribution in [0.15, 0.2) is 0 Å². The minimum absolute atomic E-state index is 0.0365. The SMILES string of the molecule is COC(=O)CCCCCN1CC1C(N)=O. The summed E-state index contributed by atoms with van der Waals surface area (Å²) in [4.78, 5) is 23.5. The van der Waals surface area contributed by atoms with E-state index in [-0.39, 0.29) is 17.9 Å². The predicted molar refractivity (Wildman–Crippen MR) is 55.0 cm³/mol. The number of hydrogen-bond acceptors (Lipinski definition) is 4. The predicted octanol–water partition coefficient (Wildman–Crippen LogP) is -0.111. The number of hydrogen-bond donors (Lipinski definition) is 1. The molecule has 86 valence electrons. The first kappa shape index (κ1) is 12.0. The summed E-state index contributed by atoms with van der Waals surface area (Å²) in [6, 6.07) is -0.0365. The maximum absolute atomic E-state index is 10.8. The van der Waals surface area contributed by atoms with Gasteiger partial charge in [-0.1, -0.05) is 6.42 Å². The van der Waals surface area contributed by atoms with Crippen molar-refractivity contribution in [2.24, 2.45) is 5.73 Å². The lowest BCUT2D eigenvalue weighted by Crippen LogP contribution is -2.22. The van der Waals surface area contributed by atoms with Crippen molar-refractivity contribution in [3.05, 3.63) is 0 Å². The highest BCUT2D eigenvalue weighted by Crippen LogP contribution is 2.17. The first-order valence-corrected chi connectivity index (χ1v) is 5.25. The van der Waals surface area contributed by atoms with Crippen LogP contribution in [0.2, 0.25) is 0 Å². The van der Waals surface area contributed by atoms with Crippen LogP contribution in [0.25, 0.3) is 0 Å². The van der Waals surface area contributed by atoms with E-state index in [1.807, 2.05) is 4.90 Å². The lowest BCUT2D eigenvalue weighted by molar-refractivity contribution is -0.140. The number of carbonyl (C=O) groups is 2. The van der Waals surface area contributed by atoms with Crippen LogP contribution in [0.5, 0.6) is 0 Å². The molecule has 1 rings (SSSR count). The van der Waals surface area contributed by atoms with Gasteiger partial charge in [-0.3, -0.25) is 14.5 Å². The van der Waals surface area contributed by atoms with Gasteiger partial charge in [0.25, 0.3) is 0 Å². The van der Waals surface area contributed by atoms with E-state index in [9.17, 15) is 9.59 Å². The molecule has 1 heterocycles. The van der Waals surface area contributed by atoms with Crippen LogP contribution in [0.4, 0.5) is 0 Å². The minimum Gasteiger partial charge on any atom is -0.469 e. The molecule has 0 aliphatic carbocycles. The molecule has 0 spiro atoms. The highest BCUT2D eigenvalue weighted by molar-refractivity contribution is 5.82. The Morgan fingerprint density at radius 2 is 2.13 bits per heavy atom. The van der Waals surface area contributed by atoms with E-state index in [4.69, 9.17) is 5.73 Å². The van der Waals surface area contributed by atoms with Gasteiger partial charge in [-0.05, 0) is 19.4 Å². The zero-order chi connectivity index (χ0) is 11.3. The molecule has 0 bridgehead atoms. The number of primary amides is 1. The number of methoxy groups -OCH3 is 1. The van der Waals surface area contributed by atoms with Crippen molar-refractivity contribution in [3.8, 4) is 0 Å². The Bertz CT molecular complexity index is 243. The van der Waals surface area contributed by atoms with Crippen LogP contribution in [0.3, 0.4) is 0 Å². The van der Waals surface area contributed by atoms with Gasteiger partial charge in [-0.2, -0.15) is 0 Å². The Kier molecular flexibility index (Phi) is 4.55. The van der Waals surface area contributed by atoms with Gasteiger partial charge in [0.1, 0.15) is 6.04 Å². The number of nitrogens with two attached hydrogens (primary N) is 1. The lowest BCUT2D eigenvalue weighted by Gasteiger charge is -2.02. The average Bonchev–Trinajstić information content (AvgIpc) is 2.96. The largest absolute Gasteiger partial charge is 0.469 e. The number of esters is 1. The Hall–Kier alpha value is -1.10. The minimum atomic E-state index is -0.232. The topological polar surface area (TPSA) is 72.4 Å². The van der Waals surface area contributed by atoms with E-state index in [1.54, 1.807) is 0 Å². The molecule has 1 aliphatic rings. The molecule has 0 aromatic rings. The van der Waals surface area contributed by atoms with Crippen molar-refractivity contribution in [1.29, 1.82) is 0 Å². The summed E-state index contributed by atoms with van der Waals surface area (Å²) in [7, 11) is 1.40. The van der Waals surface area contributed by atoms with Crippen LogP contribution in [0.1, 0.15) is 25.7 Å². The fraction of sp³-hybridized carbons (Fsp3) is 0.800. The zero-order valence-electron chi connectivity index (χ0n) is 9.07. The van der Waals surface area contributed by atoms with E-state index < -0.39 is 0 Å². The quantitative estimate of drug-likeness (QED) is 0.364. The summed E-state index contributed by atoms with van der Waals surface area (Å²) in [5.41, 5.74) is 5.13. The normalized spacial score (nSPS) is 23.5. The fourth-order valence-electron chi connectivity index (χ4n) is 1.56. The standard InChI is InChI=1S/C10H18N2O3/c1-15-9(13)5-3-2-4-6-12-7-8(12)10(11)14/h8H,2-7H2,1H3,(H2,11,14). The highest BCUT2D eigenvalue weighted by atomic mass is 16.5. The number of nitrogens with zero attached hydrogens (tertiary/aromatic N) is 1. The second-order valence-electron chi connectivity index (χ2n) is 3.80. The second-order valence-corrected chi connectivity index (χ2v) is 3.80. The summed E-state index contributed by atoms with van der Waals surface area (Å²) < 4.78 is 4.53. The van der Waals surface area contributed by atoms with Crippen LogP contribution >= 0.6 is 0 Å². The molecule has 2 unspecified atom stereocenters. The van der Waals surface area contributed by atoms with Crippen LogP contribution in [-0.4, -0.2) is 43.0 Å². The zero-order valence-corrected chi connectivity index (χ0v) is 9.07.